The Hall–Kier alpha value is -2.77. The maximum atomic E-state index is 12.1. The van der Waals surface area contributed by atoms with Crippen molar-refractivity contribution < 1.29 is 14.7 Å². The number of aromatic nitrogens is 4. The van der Waals surface area contributed by atoms with E-state index in [1.165, 1.54) is 4.80 Å². The summed E-state index contributed by atoms with van der Waals surface area (Å²) in [6.07, 6.45) is 1.48. The molecule has 1 saturated heterocycles. The average Bonchev–Trinajstić information content (AvgIpc) is 3.25. The Balaban J connectivity index is 1.46. The van der Waals surface area contributed by atoms with Crippen molar-refractivity contribution in [1.82, 2.24) is 25.1 Å². The molecule has 0 bridgehead atoms. The Kier molecular flexibility index (Phi) is 4.83. The smallest absolute Gasteiger partial charge is 0.308 e. The maximum absolute atomic E-state index is 12.1. The number of nitrogens with zero attached hydrogens (tertiary/aromatic N) is 5. The molecule has 3 rings (SSSR count). The zero-order chi connectivity index (χ0) is 16.9. The Morgan fingerprint density at radius 1 is 1.25 bits per heavy atom. The first-order valence-electron chi connectivity index (χ1n) is 7.97. The first-order chi connectivity index (χ1) is 11.6. The molecule has 8 heteroatoms. The van der Waals surface area contributed by atoms with E-state index in [1.807, 2.05) is 30.3 Å². The highest BCUT2D eigenvalue weighted by molar-refractivity contribution is 5.78. The molecule has 1 fully saturated rings. The van der Waals surface area contributed by atoms with Crippen LogP contribution in [0.15, 0.2) is 30.3 Å². The van der Waals surface area contributed by atoms with Gasteiger partial charge in [0.25, 0.3) is 0 Å². The number of aryl methyl sites for hydroxylation is 1. The van der Waals surface area contributed by atoms with Gasteiger partial charge in [-0.15, -0.1) is 10.2 Å². The summed E-state index contributed by atoms with van der Waals surface area (Å²) in [4.78, 5) is 26.1. The molecule has 0 spiro atoms. The summed E-state index contributed by atoms with van der Waals surface area (Å²) in [6, 6.07) is 9.57. The molecular formula is C16H19N5O3. The predicted octanol–water partition coefficient (Wildman–Crippen LogP) is 1.05. The molecule has 24 heavy (non-hydrogen) atoms. The highest BCUT2D eigenvalue weighted by atomic mass is 16.4. The molecule has 1 aromatic carbocycles. The minimum atomic E-state index is -0.828. The van der Waals surface area contributed by atoms with Crippen LogP contribution in [0.25, 0.3) is 11.4 Å². The highest BCUT2D eigenvalue weighted by Gasteiger charge is 2.30. The maximum Gasteiger partial charge on any atom is 0.308 e. The van der Waals surface area contributed by atoms with Crippen LogP contribution < -0.4 is 0 Å². The molecule has 1 aliphatic heterocycles. The first kappa shape index (κ1) is 16.1. The van der Waals surface area contributed by atoms with Gasteiger partial charge in [0.1, 0.15) is 0 Å². The molecule has 0 aliphatic carbocycles. The molecule has 1 amide bonds. The third-order valence-electron chi connectivity index (χ3n) is 4.12. The van der Waals surface area contributed by atoms with Gasteiger partial charge in [-0.2, -0.15) is 4.80 Å². The third-order valence-corrected chi connectivity index (χ3v) is 4.12. The van der Waals surface area contributed by atoms with Crippen molar-refractivity contribution in [2.24, 2.45) is 5.92 Å². The van der Waals surface area contributed by atoms with Gasteiger partial charge in [-0.1, -0.05) is 30.3 Å². The molecule has 1 aromatic heterocycles. The van der Waals surface area contributed by atoms with Gasteiger partial charge in [-0.05, 0) is 18.1 Å². The van der Waals surface area contributed by atoms with E-state index in [4.69, 9.17) is 5.11 Å². The quantitative estimate of drug-likeness (QED) is 0.850. The van der Waals surface area contributed by atoms with Gasteiger partial charge in [0, 0.05) is 25.1 Å². The Labute approximate surface area is 139 Å². The molecule has 126 valence electrons. The molecule has 1 aliphatic rings. The number of aliphatic carboxylic acids is 1. The number of benzene rings is 1. The summed E-state index contributed by atoms with van der Waals surface area (Å²) in [5.74, 6) is -0.710. The van der Waals surface area contributed by atoms with Gasteiger partial charge in [-0.3, -0.25) is 9.59 Å². The monoisotopic (exact) mass is 329 g/mol. The number of amides is 1. The predicted molar refractivity (Wildman–Crippen MR) is 84.8 cm³/mol. The number of carbonyl (C=O) groups excluding carboxylic acids is 1. The highest BCUT2D eigenvalue weighted by Crippen LogP contribution is 2.17. The largest absolute Gasteiger partial charge is 0.481 e. The number of carboxylic acid groups (broad SMARTS) is 1. The minimum absolute atomic E-state index is 0.0119. The van der Waals surface area contributed by atoms with E-state index in [2.05, 4.69) is 15.4 Å². The van der Waals surface area contributed by atoms with Crippen LogP contribution in [0.1, 0.15) is 19.3 Å². The van der Waals surface area contributed by atoms with Gasteiger partial charge in [-0.25, -0.2) is 0 Å². The van der Waals surface area contributed by atoms with Crippen LogP contribution in [0, 0.1) is 5.92 Å². The van der Waals surface area contributed by atoms with Crippen molar-refractivity contribution in [2.75, 3.05) is 13.1 Å². The fourth-order valence-electron chi connectivity index (χ4n) is 2.76. The lowest BCUT2D eigenvalue weighted by Gasteiger charge is -2.15. The second-order valence-electron chi connectivity index (χ2n) is 5.84. The van der Waals surface area contributed by atoms with E-state index in [0.29, 0.717) is 44.7 Å². The topological polar surface area (TPSA) is 101 Å². The number of hydrogen-bond acceptors (Lipinski definition) is 5. The van der Waals surface area contributed by atoms with Crippen LogP contribution in [-0.2, 0) is 16.1 Å². The normalized spacial score (nSPS) is 17.2. The van der Waals surface area contributed by atoms with Crippen LogP contribution >= 0.6 is 0 Å². The SMILES string of the molecule is O=C(O)[C@@H]1CCN(C(=O)CCCn2nnc(-c3ccccc3)n2)C1. The Morgan fingerprint density at radius 3 is 2.75 bits per heavy atom. The summed E-state index contributed by atoms with van der Waals surface area (Å²) < 4.78 is 0. The van der Waals surface area contributed by atoms with Gasteiger partial charge >= 0.3 is 5.97 Å². The molecule has 1 atom stereocenters. The number of tetrazole rings is 1. The van der Waals surface area contributed by atoms with Crippen LogP contribution in [0.3, 0.4) is 0 Å². The van der Waals surface area contributed by atoms with Crippen molar-refractivity contribution in [3.8, 4) is 11.4 Å². The zero-order valence-electron chi connectivity index (χ0n) is 13.2. The van der Waals surface area contributed by atoms with Crippen molar-refractivity contribution in [3.05, 3.63) is 30.3 Å². The number of likely N-dealkylation sites (tertiary alicyclic amines) is 1. The Morgan fingerprint density at radius 2 is 2.04 bits per heavy atom. The van der Waals surface area contributed by atoms with Crippen LogP contribution in [0.2, 0.25) is 0 Å². The lowest BCUT2D eigenvalue weighted by atomic mass is 10.1. The summed E-state index contributed by atoms with van der Waals surface area (Å²) in [5, 5.41) is 21.3. The fourth-order valence-corrected chi connectivity index (χ4v) is 2.76. The number of hydrogen-bond donors (Lipinski definition) is 1. The fraction of sp³-hybridized carbons (Fsp3) is 0.438. The molecule has 1 N–H and O–H groups in total. The van der Waals surface area contributed by atoms with Crippen LogP contribution in [-0.4, -0.2) is 55.2 Å². The van der Waals surface area contributed by atoms with E-state index in [0.717, 1.165) is 5.56 Å². The lowest BCUT2D eigenvalue weighted by Crippen LogP contribution is -2.29. The second-order valence-corrected chi connectivity index (χ2v) is 5.84. The zero-order valence-corrected chi connectivity index (χ0v) is 13.2. The summed E-state index contributed by atoms with van der Waals surface area (Å²) >= 11 is 0. The third kappa shape index (κ3) is 3.76. The number of rotatable bonds is 6. The first-order valence-corrected chi connectivity index (χ1v) is 7.97. The van der Waals surface area contributed by atoms with Gasteiger partial charge < -0.3 is 10.0 Å². The van der Waals surface area contributed by atoms with Gasteiger partial charge in [0.2, 0.25) is 11.7 Å². The molecule has 8 nitrogen and oxygen atoms in total. The van der Waals surface area contributed by atoms with E-state index in [1.54, 1.807) is 4.90 Å². The van der Waals surface area contributed by atoms with E-state index >= 15 is 0 Å². The summed E-state index contributed by atoms with van der Waals surface area (Å²) in [7, 11) is 0. The van der Waals surface area contributed by atoms with Gasteiger partial charge in [0.15, 0.2) is 0 Å². The average molecular weight is 329 g/mol. The number of carboxylic acids is 1. The molecule has 2 heterocycles. The van der Waals surface area contributed by atoms with E-state index < -0.39 is 11.9 Å². The second kappa shape index (κ2) is 7.20. The molecule has 0 saturated carbocycles. The lowest BCUT2D eigenvalue weighted by molar-refractivity contribution is -0.141. The van der Waals surface area contributed by atoms with Crippen molar-refractivity contribution in [2.45, 2.75) is 25.8 Å². The molecule has 0 radical (unpaired) electrons. The van der Waals surface area contributed by atoms with E-state index in [-0.39, 0.29) is 5.91 Å². The Bertz CT molecular complexity index is 716. The number of carbonyl (C=O) groups is 2. The van der Waals surface area contributed by atoms with Crippen molar-refractivity contribution >= 4 is 11.9 Å². The van der Waals surface area contributed by atoms with Crippen molar-refractivity contribution in [3.63, 3.8) is 0 Å². The van der Waals surface area contributed by atoms with Gasteiger partial charge in [0.05, 0.1) is 12.5 Å². The van der Waals surface area contributed by atoms with Crippen LogP contribution in [0.5, 0.6) is 0 Å². The standard InChI is InChI=1S/C16H19N5O3/c22-14(20-10-8-13(11-20)16(23)24)7-4-9-21-18-15(17-19-21)12-5-2-1-3-6-12/h1-3,5-6,13H,4,7-11H2,(H,23,24)/t13-/m1/s1. The van der Waals surface area contributed by atoms with E-state index in [9.17, 15) is 9.59 Å². The molecule has 0 unspecified atom stereocenters. The van der Waals surface area contributed by atoms with Crippen LogP contribution in [0.4, 0.5) is 0 Å². The van der Waals surface area contributed by atoms with Crippen molar-refractivity contribution in [1.29, 1.82) is 0 Å². The molecule has 2 aromatic rings. The molecular weight excluding hydrogens is 310 g/mol. The summed E-state index contributed by atoms with van der Waals surface area (Å²) in [6.45, 7) is 1.34. The minimum Gasteiger partial charge on any atom is -0.481 e. The summed E-state index contributed by atoms with van der Waals surface area (Å²) in [5.41, 5.74) is 0.900.